The largest absolute Gasteiger partial charge is 0.371 e. The molecule has 0 saturated carbocycles. The summed E-state index contributed by atoms with van der Waals surface area (Å²) >= 11 is 0. The van der Waals surface area contributed by atoms with Crippen LogP contribution in [-0.2, 0) is 10.3 Å². The van der Waals surface area contributed by atoms with Gasteiger partial charge in [-0.1, -0.05) is 0 Å². The van der Waals surface area contributed by atoms with E-state index in [4.69, 9.17) is 10.5 Å². The van der Waals surface area contributed by atoms with Gasteiger partial charge in [0.25, 0.3) is 5.69 Å². The molecule has 0 fully saturated rings. The van der Waals surface area contributed by atoms with E-state index in [0.717, 1.165) is 0 Å². The van der Waals surface area contributed by atoms with Crippen molar-refractivity contribution in [3.63, 3.8) is 0 Å². The van der Waals surface area contributed by atoms with Crippen molar-refractivity contribution in [2.24, 2.45) is 5.73 Å². The lowest BCUT2D eigenvalue weighted by atomic mass is 10.0. The van der Waals surface area contributed by atoms with Crippen LogP contribution in [0.5, 0.6) is 0 Å². The van der Waals surface area contributed by atoms with Gasteiger partial charge in [0.05, 0.1) is 10.6 Å². The lowest BCUT2D eigenvalue weighted by molar-refractivity contribution is -0.385. The molecule has 6 nitrogen and oxygen atoms in total. The number of pyridine rings is 1. The van der Waals surface area contributed by atoms with E-state index < -0.39 is 10.5 Å². The summed E-state index contributed by atoms with van der Waals surface area (Å²) in [5.41, 5.74) is 5.38. The smallest absolute Gasteiger partial charge is 0.287 e. The highest BCUT2D eigenvalue weighted by Gasteiger charge is 2.26. The van der Waals surface area contributed by atoms with Crippen LogP contribution in [0, 0.1) is 10.1 Å². The minimum atomic E-state index is -0.699. The van der Waals surface area contributed by atoms with Gasteiger partial charge in [-0.3, -0.25) is 15.1 Å². The molecular formula is C9H13N3O3. The molecule has 2 N–H and O–H groups in total. The predicted molar refractivity (Wildman–Crippen MR) is 54.3 cm³/mol. The molecule has 0 saturated heterocycles. The Morgan fingerprint density at radius 2 is 2.33 bits per heavy atom. The van der Waals surface area contributed by atoms with Crippen LogP contribution in [-0.4, -0.2) is 23.6 Å². The van der Waals surface area contributed by atoms with Crippen LogP contribution in [0.15, 0.2) is 18.3 Å². The highest BCUT2D eigenvalue weighted by molar-refractivity contribution is 5.28. The van der Waals surface area contributed by atoms with Gasteiger partial charge in [-0.15, -0.1) is 0 Å². The van der Waals surface area contributed by atoms with Gasteiger partial charge in [0.15, 0.2) is 0 Å². The fraction of sp³-hybridized carbons (Fsp3) is 0.444. The van der Waals surface area contributed by atoms with Gasteiger partial charge >= 0.3 is 0 Å². The molecule has 1 unspecified atom stereocenters. The molecule has 82 valence electrons. The second-order valence-corrected chi connectivity index (χ2v) is 3.30. The van der Waals surface area contributed by atoms with Gasteiger partial charge in [0, 0.05) is 19.7 Å². The molecule has 1 rings (SSSR count). The summed E-state index contributed by atoms with van der Waals surface area (Å²) in [6.45, 7) is 2.04. The molecule has 1 atom stereocenters. The van der Waals surface area contributed by atoms with Gasteiger partial charge in [0.1, 0.15) is 11.8 Å². The maximum absolute atomic E-state index is 10.4. The summed E-state index contributed by atoms with van der Waals surface area (Å²) < 4.78 is 5.22. The molecule has 0 bridgehead atoms. The van der Waals surface area contributed by atoms with E-state index >= 15 is 0 Å². The first-order valence-corrected chi connectivity index (χ1v) is 4.39. The van der Waals surface area contributed by atoms with Crippen LogP contribution >= 0.6 is 0 Å². The van der Waals surface area contributed by atoms with Crippen molar-refractivity contribution >= 4 is 5.69 Å². The third-order valence-electron chi connectivity index (χ3n) is 2.34. The predicted octanol–water partition coefficient (Wildman–Crippen LogP) is 0.810. The lowest BCUT2D eigenvalue weighted by Crippen LogP contribution is -2.34. The zero-order valence-electron chi connectivity index (χ0n) is 8.64. The SMILES string of the molecule is COC(C)(CN)c1ccc([N+](=O)[O-])cn1. The van der Waals surface area contributed by atoms with Gasteiger partial charge < -0.3 is 10.5 Å². The number of hydrogen-bond donors (Lipinski definition) is 1. The molecular weight excluding hydrogens is 198 g/mol. The van der Waals surface area contributed by atoms with Gasteiger partial charge in [0.2, 0.25) is 0 Å². The van der Waals surface area contributed by atoms with Crippen molar-refractivity contribution < 1.29 is 9.66 Å². The van der Waals surface area contributed by atoms with E-state index in [1.165, 1.54) is 19.4 Å². The Bertz CT molecular complexity index is 346. The fourth-order valence-corrected chi connectivity index (χ4v) is 1.10. The summed E-state index contributed by atoms with van der Waals surface area (Å²) in [5, 5.41) is 10.4. The van der Waals surface area contributed by atoms with E-state index in [1.54, 1.807) is 13.0 Å². The third-order valence-corrected chi connectivity index (χ3v) is 2.34. The van der Waals surface area contributed by atoms with E-state index in [2.05, 4.69) is 4.98 Å². The topological polar surface area (TPSA) is 91.3 Å². The number of nitrogens with two attached hydrogens (primary N) is 1. The van der Waals surface area contributed by atoms with Gasteiger partial charge in [-0.25, -0.2) is 0 Å². The summed E-state index contributed by atoms with van der Waals surface area (Å²) in [4.78, 5) is 13.9. The summed E-state index contributed by atoms with van der Waals surface area (Å²) in [7, 11) is 1.52. The monoisotopic (exact) mass is 211 g/mol. The van der Waals surface area contributed by atoms with Crippen LogP contribution in [0.1, 0.15) is 12.6 Å². The highest BCUT2D eigenvalue weighted by atomic mass is 16.6. The molecule has 0 radical (unpaired) electrons. The Morgan fingerprint density at radius 1 is 1.67 bits per heavy atom. The molecule has 1 aromatic rings. The molecule has 0 aliphatic rings. The third kappa shape index (κ3) is 2.28. The Hall–Kier alpha value is -1.53. The Labute approximate surface area is 87.2 Å². The first kappa shape index (κ1) is 11.5. The van der Waals surface area contributed by atoms with E-state index in [9.17, 15) is 10.1 Å². The molecule has 0 spiro atoms. The number of hydrogen-bond acceptors (Lipinski definition) is 5. The number of nitro groups is 1. The minimum absolute atomic E-state index is 0.0470. The average Bonchev–Trinajstić information content (AvgIpc) is 2.28. The van der Waals surface area contributed by atoms with Crippen LogP contribution in [0.25, 0.3) is 0 Å². The normalized spacial score (nSPS) is 14.6. The molecule has 0 aliphatic carbocycles. The molecule has 0 aliphatic heterocycles. The molecule has 1 heterocycles. The second kappa shape index (κ2) is 4.33. The average molecular weight is 211 g/mol. The molecule has 1 aromatic heterocycles. The highest BCUT2D eigenvalue weighted by Crippen LogP contribution is 2.22. The van der Waals surface area contributed by atoms with Crippen molar-refractivity contribution in [3.05, 3.63) is 34.1 Å². The standard InChI is InChI=1S/C9H13N3O3/c1-9(6-10,15-2)8-4-3-7(5-11-8)12(13)14/h3-5H,6,10H2,1-2H3. The Balaban J connectivity index is 3.02. The number of ether oxygens (including phenoxy) is 1. The summed E-state index contributed by atoms with van der Waals surface area (Å²) in [6.07, 6.45) is 1.20. The molecule has 0 aromatic carbocycles. The zero-order valence-corrected chi connectivity index (χ0v) is 8.64. The first-order chi connectivity index (χ1) is 7.03. The number of nitrogens with zero attached hydrogens (tertiary/aromatic N) is 2. The number of rotatable bonds is 4. The Kier molecular flexibility index (Phi) is 3.33. The number of aromatic nitrogens is 1. The van der Waals surface area contributed by atoms with Gasteiger partial charge in [-0.2, -0.15) is 0 Å². The van der Waals surface area contributed by atoms with Crippen molar-refractivity contribution in [1.82, 2.24) is 4.98 Å². The van der Waals surface area contributed by atoms with Crippen molar-refractivity contribution in [1.29, 1.82) is 0 Å². The first-order valence-electron chi connectivity index (χ1n) is 4.39. The van der Waals surface area contributed by atoms with Crippen LogP contribution < -0.4 is 5.73 Å². The zero-order chi connectivity index (χ0) is 11.5. The fourth-order valence-electron chi connectivity index (χ4n) is 1.10. The molecule has 15 heavy (non-hydrogen) atoms. The van der Waals surface area contributed by atoms with E-state index in [0.29, 0.717) is 5.69 Å². The maximum Gasteiger partial charge on any atom is 0.287 e. The Morgan fingerprint density at radius 3 is 2.67 bits per heavy atom. The van der Waals surface area contributed by atoms with E-state index in [1.807, 2.05) is 0 Å². The number of methoxy groups -OCH3 is 1. The summed E-state index contributed by atoms with van der Waals surface area (Å²) in [5.74, 6) is 0. The van der Waals surface area contributed by atoms with Gasteiger partial charge in [-0.05, 0) is 13.0 Å². The van der Waals surface area contributed by atoms with Crippen molar-refractivity contribution in [2.75, 3.05) is 13.7 Å². The van der Waals surface area contributed by atoms with Crippen LogP contribution in [0.4, 0.5) is 5.69 Å². The van der Waals surface area contributed by atoms with Crippen molar-refractivity contribution in [2.45, 2.75) is 12.5 Å². The quantitative estimate of drug-likeness (QED) is 0.587. The van der Waals surface area contributed by atoms with Crippen LogP contribution in [0.2, 0.25) is 0 Å². The van der Waals surface area contributed by atoms with E-state index in [-0.39, 0.29) is 12.2 Å². The summed E-state index contributed by atoms with van der Waals surface area (Å²) in [6, 6.07) is 2.93. The molecule has 0 amide bonds. The lowest BCUT2D eigenvalue weighted by Gasteiger charge is -2.25. The van der Waals surface area contributed by atoms with Crippen molar-refractivity contribution in [3.8, 4) is 0 Å². The second-order valence-electron chi connectivity index (χ2n) is 3.30. The molecule has 6 heteroatoms. The minimum Gasteiger partial charge on any atom is -0.371 e. The maximum atomic E-state index is 10.4. The van der Waals surface area contributed by atoms with Crippen LogP contribution in [0.3, 0.4) is 0 Å².